The average Bonchev–Trinajstić information content (AvgIpc) is 3.09. The largest absolute Gasteiger partial charge is 0.424 e. The van der Waals surface area contributed by atoms with Crippen molar-refractivity contribution in [3.63, 3.8) is 0 Å². The second-order valence-electron chi connectivity index (χ2n) is 7.76. The number of hydrogen-bond donors (Lipinski definition) is 0. The van der Waals surface area contributed by atoms with Gasteiger partial charge in [-0.25, -0.2) is 8.78 Å². The van der Waals surface area contributed by atoms with E-state index >= 15 is 0 Å². The molecule has 1 heterocycles. The third-order valence-corrected chi connectivity index (χ3v) is 7.91. The molecule has 0 unspecified atom stereocenters. The first-order chi connectivity index (χ1) is 14.7. The summed E-state index contributed by atoms with van der Waals surface area (Å²) in [5, 5.41) is 4.38. The Morgan fingerprint density at radius 1 is 1.10 bits per heavy atom. The number of hydrogen-bond acceptors (Lipinski definition) is 4. The van der Waals surface area contributed by atoms with E-state index in [4.69, 9.17) is 9.47 Å². The van der Waals surface area contributed by atoms with Crippen molar-refractivity contribution >= 4 is 26.8 Å². The predicted octanol–water partition coefficient (Wildman–Crippen LogP) is 5.80. The van der Waals surface area contributed by atoms with Crippen LogP contribution in [0.5, 0.6) is 11.8 Å². The Bertz CT molecular complexity index is 1030. The van der Waals surface area contributed by atoms with Crippen molar-refractivity contribution in [3.05, 3.63) is 58.6 Å². The van der Waals surface area contributed by atoms with Gasteiger partial charge in [0.25, 0.3) is 0 Å². The van der Waals surface area contributed by atoms with E-state index in [9.17, 15) is 8.78 Å². The molecule has 166 valence electrons. The smallest absolute Gasteiger partial charge is 0.323 e. The molecule has 0 aliphatic rings. The Kier molecular flexibility index (Phi) is 7.72. The van der Waals surface area contributed by atoms with Crippen molar-refractivity contribution in [1.82, 2.24) is 14.8 Å². The predicted molar refractivity (Wildman–Crippen MR) is 123 cm³/mol. The maximum absolute atomic E-state index is 14.4. The average molecular weight is 513 g/mol. The molecule has 2 aromatic carbocycles. The monoisotopic (exact) mass is 512 g/mol. The van der Waals surface area contributed by atoms with Gasteiger partial charge >= 0.3 is 6.01 Å². The molecule has 0 spiro atoms. The van der Waals surface area contributed by atoms with E-state index in [2.05, 4.69) is 52.4 Å². The van der Waals surface area contributed by atoms with E-state index in [0.29, 0.717) is 16.8 Å². The quantitative estimate of drug-likeness (QED) is 0.268. The van der Waals surface area contributed by atoms with Gasteiger partial charge in [0.05, 0.1) is 24.7 Å². The minimum atomic E-state index is -0.458. The topological polar surface area (TPSA) is 49.2 Å². The molecule has 3 aromatic rings. The molecule has 0 bridgehead atoms. The molecule has 0 aliphatic carbocycles. The SMILES string of the molecule is C[S+](C)C(C)(C)CCOCn1nc(-c2ccc(Br)cc2F)nc1Oc1ccc(F)cc1. The molecular weight excluding hydrogens is 488 g/mol. The fourth-order valence-electron chi connectivity index (χ4n) is 2.55. The van der Waals surface area contributed by atoms with Crippen molar-refractivity contribution in [2.45, 2.75) is 31.7 Å². The van der Waals surface area contributed by atoms with E-state index in [1.807, 2.05) is 0 Å². The molecule has 0 radical (unpaired) electrons. The molecule has 0 amide bonds. The summed E-state index contributed by atoms with van der Waals surface area (Å²) < 4.78 is 41.5. The van der Waals surface area contributed by atoms with E-state index in [1.54, 1.807) is 12.1 Å². The first-order valence-corrected chi connectivity index (χ1v) is 12.5. The molecule has 0 fully saturated rings. The summed E-state index contributed by atoms with van der Waals surface area (Å²) >= 11 is 3.25. The fraction of sp³-hybridized carbons (Fsp3) is 0.364. The lowest BCUT2D eigenvalue weighted by molar-refractivity contribution is 0.0587. The first kappa shape index (κ1) is 23.7. The Hall–Kier alpha value is -1.97. The molecule has 3 rings (SSSR count). The summed E-state index contributed by atoms with van der Waals surface area (Å²) in [6.45, 7) is 5.06. The van der Waals surface area contributed by atoms with Gasteiger partial charge in [-0.15, -0.1) is 5.10 Å². The Morgan fingerprint density at radius 3 is 2.45 bits per heavy atom. The second-order valence-corrected chi connectivity index (χ2v) is 11.4. The van der Waals surface area contributed by atoms with Crippen LogP contribution < -0.4 is 4.74 Å². The number of ether oxygens (including phenoxy) is 2. The highest BCUT2D eigenvalue weighted by Gasteiger charge is 2.30. The van der Waals surface area contributed by atoms with Crippen LogP contribution >= 0.6 is 15.9 Å². The zero-order valence-corrected chi connectivity index (χ0v) is 20.3. The van der Waals surface area contributed by atoms with Crippen LogP contribution in [0.15, 0.2) is 46.9 Å². The Balaban J connectivity index is 1.81. The lowest BCUT2D eigenvalue weighted by Crippen LogP contribution is -2.31. The van der Waals surface area contributed by atoms with E-state index in [1.165, 1.54) is 35.0 Å². The van der Waals surface area contributed by atoms with Crippen LogP contribution in [0.25, 0.3) is 11.4 Å². The third kappa shape index (κ3) is 6.27. The lowest BCUT2D eigenvalue weighted by atomic mass is 10.1. The molecule has 1 aromatic heterocycles. The second kappa shape index (κ2) is 10.1. The van der Waals surface area contributed by atoms with Gasteiger partial charge in [0.2, 0.25) is 0 Å². The van der Waals surface area contributed by atoms with Gasteiger partial charge in [-0.05, 0) is 67.2 Å². The molecule has 9 heteroatoms. The maximum atomic E-state index is 14.4. The maximum Gasteiger partial charge on any atom is 0.323 e. The van der Waals surface area contributed by atoms with Gasteiger partial charge in [0, 0.05) is 10.9 Å². The van der Waals surface area contributed by atoms with Crippen LogP contribution in [0.3, 0.4) is 0 Å². The van der Waals surface area contributed by atoms with Gasteiger partial charge in [-0.1, -0.05) is 15.9 Å². The molecule has 5 nitrogen and oxygen atoms in total. The van der Waals surface area contributed by atoms with E-state index in [-0.39, 0.29) is 45.6 Å². The standard InChI is InChI=1S/C22H25BrF2N3O2S/c1-22(2,31(3)4)11-12-29-14-28-21(30-17-8-6-16(24)7-9-17)26-20(27-28)18-10-5-15(23)13-19(18)25/h5-10,13H,11-12,14H2,1-4H3/q+1. The normalized spacial score (nSPS) is 11.9. The minimum absolute atomic E-state index is 0.0962. The van der Waals surface area contributed by atoms with Crippen molar-refractivity contribution in [3.8, 4) is 23.1 Å². The zero-order valence-electron chi connectivity index (χ0n) is 17.9. The molecule has 0 aliphatic heterocycles. The van der Waals surface area contributed by atoms with Crippen LogP contribution in [-0.2, 0) is 22.4 Å². The fourth-order valence-corrected chi connectivity index (χ4v) is 3.38. The number of rotatable bonds is 9. The van der Waals surface area contributed by atoms with E-state index < -0.39 is 5.82 Å². The van der Waals surface area contributed by atoms with Crippen LogP contribution in [0.4, 0.5) is 8.78 Å². The number of benzene rings is 2. The Labute approximate surface area is 192 Å². The third-order valence-electron chi connectivity index (χ3n) is 5.00. The van der Waals surface area contributed by atoms with Gasteiger partial charge in [-0.3, -0.25) is 0 Å². The Morgan fingerprint density at radius 2 is 1.81 bits per heavy atom. The lowest BCUT2D eigenvalue weighted by Gasteiger charge is -2.20. The van der Waals surface area contributed by atoms with Crippen molar-refractivity contribution in [2.75, 3.05) is 19.1 Å². The summed E-state index contributed by atoms with van der Waals surface area (Å²) in [7, 11) is 0.252. The first-order valence-electron chi connectivity index (χ1n) is 9.65. The van der Waals surface area contributed by atoms with Crippen LogP contribution in [0.2, 0.25) is 0 Å². The van der Waals surface area contributed by atoms with Crippen molar-refractivity contribution in [2.24, 2.45) is 0 Å². The summed E-state index contributed by atoms with van der Waals surface area (Å²) in [4.78, 5) is 4.35. The number of nitrogens with zero attached hydrogens (tertiary/aromatic N) is 3. The summed E-state index contributed by atoms with van der Waals surface area (Å²) in [6.07, 6.45) is 5.32. The van der Waals surface area contributed by atoms with Gasteiger partial charge < -0.3 is 9.47 Å². The summed E-state index contributed by atoms with van der Waals surface area (Å²) in [5.74, 6) is -0.265. The highest BCUT2D eigenvalue weighted by Crippen LogP contribution is 2.27. The van der Waals surface area contributed by atoms with Gasteiger partial charge in [0.1, 0.15) is 28.9 Å². The molecule has 0 saturated carbocycles. The highest BCUT2D eigenvalue weighted by molar-refractivity contribution is 9.10. The van der Waals surface area contributed by atoms with Crippen molar-refractivity contribution < 1.29 is 18.3 Å². The molecular formula is C22H25BrF2N3O2S+. The summed E-state index contributed by atoms with van der Waals surface area (Å²) in [5.41, 5.74) is 0.244. The van der Waals surface area contributed by atoms with Crippen LogP contribution in [0.1, 0.15) is 20.3 Å². The van der Waals surface area contributed by atoms with Crippen LogP contribution in [-0.4, -0.2) is 38.6 Å². The molecule has 0 N–H and O–H groups in total. The highest BCUT2D eigenvalue weighted by atomic mass is 79.9. The zero-order chi connectivity index (χ0) is 22.6. The van der Waals surface area contributed by atoms with E-state index in [0.717, 1.165) is 6.42 Å². The number of halogens is 3. The molecule has 0 atom stereocenters. The van der Waals surface area contributed by atoms with Crippen LogP contribution in [0, 0.1) is 11.6 Å². The van der Waals surface area contributed by atoms with Gasteiger partial charge in [0.15, 0.2) is 5.82 Å². The number of aromatic nitrogens is 3. The summed E-state index contributed by atoms with van der Waals surface area (Å²) in [6, 6.07) is 10.3. The van der Waals surface area contributed by atoms with Crippen molar-refractivity contribution in [1.29, 1.82) is 0 Å². The van der Waals surface area contributed by atoms with Gasteiger partial charge in [-0.2, -0.15) is 9.67 Å². The minimum Gasteiger partial charge on any atom is -0.424 e. The molecule has 0 saturated heterocycles. The molecule has 31 heavy (non-hydrogen) atoms.